The zero-order valence-electron chi connectivity index (χ0n) is 17.5. The van der Waals surface area contributed by atoms with Crippen LogP contribution in [0.3, 0.4) is 0 Å². The zero-order valence-corrected chi connectivity index (χ0v) is 17.5. The number of aliphatic imine (C=N–C) groups is 1. The molecule has 0 saturated carbocycles. The molecule has 0 saturated heterocycles. The van der Waals surface area contributed by atoms with E-state index < -0.39 is 5.97 Å². The van der Waals surface area contributed by atoms with E-state index in [-0.39, 0.29) is 19.1 Å². The van der Waals surface area contributed by atoms with Gasteiger partial charge < -0.3 is 19.5 Å². The van der Waals surface area contributed by atoms with Crippen molar-refractivity contribution in [1.82, 2.24) is 4.90 Å². The van der Waals surface area contributed by atoms with E-state index in [1.165, 1.54) is 11.1 Å². The molecule has 0 bridgehead atoms. The van der Waals surface area contributed by atoms with Crippen LogP contribution in [0.2, 0.25) is 0 Å². The summed E-state index contributed by atoms with van der Waals surface area (Å²) in [5, 5.41) is 8.76. The van der Waals surface area contributed by atoms with E-state index in [1.54, 1.807) is 18.1 Å². The maximum atomic E-state index is 11.6. The van der Waals surface area contributed by atoms with Crippen molar-refractivity contribution in [1.29, 1.82) is 0 Å². The van der Waals surface area contributed by atoms with Crippen LogP contribution < -0.4 is 9.47 Å². The summed E-state index contributed by atoms with van der Waals surface area (Å²) in [6.07, 6.45) is 10.3. The molecule has 2 aliphatic rings. The first-order valence-corrected chi connectivity index (χ1v) is 10.2. The van der Waals surface area contributed by atoms with Gasteiger partial charge >= 0.3 is 5.97 Å². The van der Waals surface area contributed by atoms with Gasteiger partial charge in [-0.3, -0.25) is 14.6 Å². The van der Waals surface area contributed by atoms with Gasteiger partial charge in [-0.05, 0) is 55.4 Å². The number of allylic oxidation sites excluding steroid dienone is 2. The van der Waals surface area contributed by atoms with Crippen molar-refractivity contribution in [2.24, 2.45) is 4.99 Å². The van der Waals surface area contributed by atoms with Crippen LogP contribution in [0.1, 0.15) is 37.7 Å². The number of nitrogens with zero attached hydrogens (tertiary/aromatic N) is 2. The Balaban J connectivity index is 1.76. The molecule has 1 heterocycles. The Labute approximate surface area is 176 Å². The lowest BCUT2D eigenvalue weighted by Gasteiger charge is -2.34. The lowest BCUT2D eigenvalue weighted by Crippen LogP contribution is -2.41. The third-order valence-corrected chi connectivity index (χ3v) is 5.41. The molecule has 1 atom stereocenters. The van der Waals surface area contributed by atoms with E-state index in [9.17, 15) is 9.59 Å². The maximum Gasteiger partial charge on any atom is 0.303 e. The Morgan fingerprint density at radius 3 is 2.93 bits per heavy atom. The third-order valence-electron chi connectivity index (χ3n) is 5.41. The number of aliphatic carboxylic acids is 1. The summed E-state index contributed by atoms with van der Waals surface area (Å²) in [6, 6.07) is 3.55. The fourth-order valence-electron chi connectivity index (χ4n) is 3.72. The molecule has 0 spiro atoms. The molecule has 1 aliphatic carbocycles. The number of carboxylic acids is 1. The highest BCUT2D eigenvalue weighted by atomic mass is 16.5. The van der Waals surface area contributed by atoms with Gasteiger partial charge in [0, 0.05) is 25.2 Å². The van der Waals surface area contributed by atoms with Gasteiger partial charge in [0.1, 0.15) is 0 Å². The number of ether oxygens (including phenoxy) is 2. The zero-order chi connectivity index (χ0) is 21.5. The number of carbonyl (C=O) groups is 2. The summed E-state index contributed by atoms with van der Waals surface area (Å²) < 4.78 is 11.1. The van der Waals surface area contributed by atoms with E-state index in [1.807, 2.05) is 19.2 Å². The molecular weight excluding hydrogens is 384 g/mol. The number of hydrogen-bond donors (Lipinski definition) is 1. The van der Waals surface area contributed by atoms with Crippen LogP contribution in [-0.2, 0) is 9.59 Å². The van der Waals surface area contributed by atoms with Crippen molar-refractivity contribution in [3.63, 3.8) is 0 Å². The van der Waals surface area contributed by atoms with Gasteiger partial charge in [-0.15, -0.1) is 0 Å². The molecule has 0 radical (unpaired) electrons. The van der Waals surface area contributed by atoms with Crippen LogP contribution in [-0.4, -0.2) is 54.9 Å². The van der Waals surface area contributed by atoms with Crippen LogP contribution in [0, 0.1) is 6.92 Å². The van der Waals surface area contributed by atoms with Crippen molar-refractivity contribution in [2.75, 3.05) is 20.3 Å². The van der Waals surface area contributed by atoms with E-state index >= 15 is 0 Å². The second-order valence-corrected chi connectivity index (χ2v) is 7.53. The Morgan fingerprint density at radius 1 is 1.37 bits per heavy atom. The number of rotatable bonds is 9. The van der Waals surface area contributed by atoms with Crippen LogP contribution >= 0.6 is 0 Å². The molecule has 1 unspecified atom stereocenters. The van der Waals surface area contributed by atoms with Crippen LogP contribution in [0.5, 0.6) is 11.5 Å². The predicted octanol–water partition coefficient (Wildman–Crippen LogP) is 3.83. The van der Waals surface area contributed by atoms with Gasteiger partial charge in [0.15, 0.2) is 11.5 Å². The summed E-state index contributed by atoms with van der Waals surface area (Å²) in [5.74, 6) is 0.255. The highest BCUT2D eigenvalue weighted by molar-refractivity contribution is 5.75. The van der Waals surface area contributed by atoms with Crippen molar-refractivity contribution >= 4 is 24.3 Å². The molecule has 3 rings (SSSR count). The average molecular weight is 412 g/mol. The van der Waals surface area contributed by atoms with Gasteiger partial charge in [-0.1, -0.05) is 12.2 Å². The molecule has 30 heavy (non-hydrogen) atoms. The lowest BCUT2D eigenvalue weighted by molar-refractivity contribution is -0.137. The molecule has 0 aromatic heterocycles. The molecule has 160 valence electrons. The van der Waals surface area contributed by atoms with E-state index in [4.69, 9.17) is 14.6 Å². The molecule has 1 aliphatic heterocycles. The topological polar surface area (TPSA) is 88.4 Å². The largest absolute Gasteiger partial charge is 0.493 e. The number of carbonyl (C=O) groups excluding carboxylic acids is 1. The molecule has 1 aromatic rings. The van der Waals surface area contributed by atoms with E-state index in [0.717, 1.165) is 36.9 Å². The standard InChI is InChI=1S/C23H28N2O5/c1-16-10-21(29-2)22(30-9-5-8-23(27)28)12-20(16)24-13-19-11-17-6-3-4-7-18(17)14-25(19)15-26/h3,6,10,12-13,15,19H,4-5,7-9,11,14H2,1-2H3,(H,27,28). The van der Waals surface area contributed by atoms with Gasteiger partial charge in [0.25, 0.3) is 0 Å². The molecule has 0 fully saturated rings. The lowest BCUT2D eigenvalue weighted by atomic mass is 9.89. The first kappa shape index (κ1) is 21.6. The average Bonchev–Trinajstić information content (AvgIpc) is 2.75. The fraction of sp³-hybridized carbons (Fsp3) is 0.435. The highest BCUT2D eigenvalue weighted by Crippen LogP contribution is 2.35. The fourth-order valence-corrected chi connectivity index (χ4v) is 3.72. The Hall–Kier alpha value is -3.09. The molecular formula is C23H28N2O5. The highest BCUT2D eigenvalue weighted by Gasteiger charge is 2.25. The maximum absolute atomic E-state index is 11.6. The minimum atomic E-state index is -0.849. The summed E-state index contributed by atoms with van der Waals surface area (Å²) in [6.45, 7) is 2.87. The molecule has 1 amide bonds. The van der Waals surface area contributed by atoms with Crippen LogP contribution in [0.4, 0.5) is 5.69 Å². The number of carboxylic acid groups (broad SMARTS) is 1. The quantitative estimate of drug-likeness (QED) is 0.378. The Kier molecular flexibility index (Phi) is 7.27. The predicted molar refractivity (Wildman–Crippen MR) is 115 cm³/mol. The normalized spacial score (nSPS) is 18.5. The van der Waals surface area contributed by atoms with Crippen LogP contribution in [0.15, 0.2) is 40.4 Å². The monoisotopic (exact) mass is 412 g/mol. The number of hydrogen-bond acceptors (Lipinski definition) is 5. The minimum Gasteiger partial charge on any atom is -0.493 e. The van der Waals surface area contributed by atoms with Crippen molar-refractivity contribution < 1.29 is 24.2 Å². The third kappa shape index (κ3) is 5.28. The molecule has 7 heteroatoms. The SMILES string of the molecule is COc1cc(C)c(N=CC2CC3=C(CCC=C3)CN2C=O)cc1OCCCC(=O)O. The minimum absolute atomic E-state index is 0.0503. The summed E-state index contributed by atoms with van der Waals surface area (Å²) >= 11 is 0. The Morgan fingerprint density at radius 2 is 2.20 bits per heavy atom. The first-order chi connectivity index (χ1) is 14.5. The van der Waals surface area contributed by atoms with Crippen molar-refractivity contribution in [2.45, 2.75) is 45.1 Å². The van der Waals surface area contributed by atoms with Crippen molar-refractivity contribution in [3.8, 4) is 11.5 Å². The van der Waals surface area contributed by atoms with E-state index in [2.05, 4.69) is 17.1 Å². The Bertz CT molecular complexity index is 888. The van der Waals surface area contributed by atoms with Crippen molar-refractivity contribution in [3.05, 3.63) is 41.0 Å². The smallest absolute Gasteiger partial charge is 0.303 e. The number of aryl methyl sites for hydroxylation is 1. The molecule has 1 N–H and O–H groups in total. The first-order valence-electron chi connectivity index (χ1n) is 10.2. The van der Waals surface area contributed by atoms with E-state index in [0.29, 0.717) is 24.5 Å². The molecule has 7 nitrogen and oxygen atoms in total. The number of methoxy groups -OCH3 is 1. The van der Waals surface area contributed by atoms with Crippen LogP contribution in [0.25, 0.3) is 0 Å². The second kappa shape index (κ2) is 10.1. The van der Waals surface area contributed by atoms with Gasteiger partial charge in [-0.25, -0.2) is 0 Å². The number of amides is 1. The van der Waals surface area contributed by atoms with Gasteiger partial charge in [-0.2, -0.15) is 0 Å². The van der Waals surface area contributed by atoms with Gasteiger partial charge in [0.2, 0.25) is 6.41 Å². The summed E-state index contributed by atoms with van der Waals surface area (Å²) in [4.78, 5) is 28.7. The summed E-state index contributed by atoms with van der Waals surface area (Å²) in [7, 11) is 1.56. The number of benzene rings is 1. The summed E-state index contributed by atoms with van der Waals surface area (Å²) in [5.41, 5.74) is 4.30. The molecule has 1 aromatic carbocycles. The van der Waals surface area contributed by atoms with Gasteiger partial charge in [0.05, 0.1) is 25.4 Å². The second-order valence-electron chi connectivity index (χ2n) is 7.53.